The highest BCUT2D eigenvalue weighted by molar-refractivity contribution is 7.12. The number of rotatable bonds is 4. The van der Waals surface area contributed by atoms with Crippen LogP contribution in [0.2, 0.25) is 5.02 Å². The molecule has 3 heterocycles. The molecule has 1 aliphatic heterocycles. The normalized spacial score (nSPS) is 14.8. The number of likely N-dealkylation sites (tertiary alicyclic amines) is 1. The summed E-state index contributed by atoms with van der Waals surface area (Å²) in [7, 11) is 0. The van der Waals surface area contributed by atoms with Crippen LogP contribution >= 0.6 is 22.9 Å². The molecular weight excluding hydrogens is 396 g/mol. The van der Waals surface area contributed by atoms with E-state index in [0.29, 0.717) is 34.4 Å². The number of aromatic nitrogens is 2. The molecule has 0 unspecified atom stereocenters. The lowest BCUT2D eigenvalue weighted by Crippen LogP contribution is -2.46. The molecule has 1 aliphatic rings. The molecule has 0 spiro atoms. The summed E-state index contributed by atoms with van der Waals surface area (Å²) in [5, 5.41) is 12.6. The fourth-order valence-corrected chi connectivity index (χ4v) is 4.11. The first-order valence-corrected chi connectivity index (χ1v) is 10.3. The first kappa shape index (κ1) is 18.7. The van der Waals surface area contributed by atoms with E-state index in [2.05, 4.69) is 15.5 Å². The second-order valence-corrected chi connectivity index (χ2v) is 8.08. The maximum atomic E-state index is 12.8. The Labute approximate surface area is 171 Å². The number of benzene rings is 1. The quantitative estimate of drug-likeness (QED) is 0.681. The number of nitrogens with zero attached hydrogens (tertiary/aromatic N) is 2. The van der Waals surface area contributed by atoms with Gasteiger partial charge < -0.3 is 10.2 Å². The van der Waals surface area contributed by atoms with E-state index in [1.807, 2.05) is 35.7 Å². The Bertz CT molecular complexity index is 978. The minimum atomic E-state index is -0.0798. The number of hydrogen-bond donors (Lipinski definition) is 2. The van der Waals surface area contributed by atoms with Crippen molar-refractivity contribution < 1.29 is 9.59 Å². The van der Waals surface area contributed by atoms with Gasteiger partial charge in [-0.2, -0.15) is 5.10 Å². The largest absolute Gasteiger partial charge is 0.348 e. The number of thiophene rings is 1. The molecule has 1 saturated heterocycles. The summed E-state index contributed by atoms with van der Waals surface area (Å²) < 4.78 is 0. The second-order valence-electron chi connectivity index (χ2n) is 6.69. The molecule has 144 valence electrons. The fourth-order valence-electron chi connectivity index (χ4n) is 3.29. The Balaban J connectivity index is 1.35. The van der Waals surface area contributed by atoms with Crippen molar-refractivity contribution in [3.63, 3.8) is 0 Å². The average Bonchev–Trinajstić information content (AvgIpc) is 3.40. The lowest BCUT2D eigenvalue weighted by atomic mass is 10.0. The van der Waals surface area contributed by atoms with Crippen molar-refractivity contribution in [3.8, 4) is 11.3 Å². The molecule has 2 aromatic heterocycles. The van der Waals surface area contributed by atoms with Gasteiger partial charge in [0.1, 0.15) is 5.69 Å². The standard InChI is InChI=1S/C20H19ClN4O2S/c21-14-4-1-3-13(11-14)16-12-17(24-23-16)20(27)25-8-6-15(7-9-25)22-19(26)18-5-2-10-28-18/h1-5,10-12,15H,6-9H2,(H,22,26)(H,23,24). The van der Waals surface area contributed by atoms with Gasteiger partial charge in [0.25, 0.3) is 11.8 Å². The predicted octanol–water partition coefficient (Wildman–Crippen LogP) is 3.83. The van der Waals surface area contributed by atoms with Crippen molar-refractivity contribution in [1.29, 1.82) is 0 Å². The third kappa shape index (κ3) is 4.10. The number of halogens is 1. The molecule has 0 bridgehead atoms. The molecule has 0 saturated carbocycles. The zero-order valence-electron chi connectivity index (χ0n) is 15.0. The third-order valence-corrected chi connectivity index (χ3v) is 5.89. The number of carbonyl (C=O) groups excluding carboxylic acids is 2. The summed E-state index contributed by atoms with van der Waals surface area (Å²) in [6.07, 6.45) is 1.47. The number of nitrogens with one attached hydrogen (secondary N) is 2. The Kier molecular flexibility index (Phi) is 5.45. The highest BCUT2D eigenvalue weighted by Crippen LogP contribution is 2.22. The Morgan fingerprint density at radius 2 is 2.00 bits per heavy atom. The highest BCUT2D eigenvalue weighted by atomic mass is 35.5. The van der Waals surface area contributed by atoms with Gasteiger partial charge in [-0.25, -0.2) is 0 Å². The maximum Gasteiger partial charge on any atom is 0.271 e. The van der Waals surface area contributed by atoms with E-state index in [1.165, 1.54) is 11.3 Å². The number of piperidine rings is 1. The molecule has 28 heavy (non-hydrogen) atoms. The summed E-state index contributed by atoms with van der Waals surface area (Å²) in [6, 6.07) is 12.9. The zero-order valence-corrected chi connectivity index (χ0v) is 16.6. The van der Waals surface area contributed by atoms with Crippen LogP contribution in [0, 0.1) is 0 Å². The number of amides is 2. The Morgan fingerprint density at radius 1 is 1.18 bits per heavy atom. The SMILES string of the molecule is O=C(NC1CCN(C(=O)c2cc(-c3cccc(Cl)c3)n[nH]2)CC1)c1cccs1. The van der Waals surface area contributed by atoms with Crippen molar-refractivity contribution >= 4 is 34.8 Å². The average molecular weight is 415 g/mol. The monoisotopic (exact) mass is 414 g/mol. The highest BCUT2D eigenvalue weighted by Gasteiger charge is 2.26. The molecule has 1 aromatic carbocycles. The van der Waals surface area contributed by atoms with Gasteiger partial charge in [0.2, 0.25) is 0 Å². The lowest BCUT2D eigenvalue weighted by Gasteiger charge is -2.32. The van der Waals surface area contributed by atoms with E-state index in [9.17, 15) is 9.59 Å². The van der Waals surface area contributed by atoms with Gasteiger partial charge in [0.05, 0.1) is 10.6 Å². The van der Waals surface area contributed by atoms with Crippen molar-refractivity contribution in [2.75, 3.05) is 13.1 Å². The van der Waals surface area contributed by atoms with E-state index >= 15 is 0 Å². The van der Waals surface area contributed by atoms with Gasteiger partial charge >= 0.3 is 0 Å². The smallest absolute Gasteiger partial charge is 0.271 e. The maximum absolute atomic E-state index is 12.8. The minimum absolute atomic E-state index is 0.0421. The molecule has 0 radical (unpaired) electrons. The van der Waals surface area contributed by atoms with E-state index < -0.39 is 0 Å². The first-order valence-electron chi connectivity index (χ1n) is 9.05. The van der Waals surface area contributed by atoms with Gasteiger partial charge in [-0.3, -0.25) is 14.7 Å². The summed E-state index contributed by atoms with van der Waals surface area (Å²) in [5.74, 6) is -0.122. The summed E-state index contributed by atoms with van der Waals surface area (Å²) in [4.78, 5) is 27.4. The van der Waals surface area contributed by atoms with Crippen LogP contribution in [-0.2, 0) is 0 Å². The van der Waals surface area contributed by atoms with E-state index in [4.69, 9.17) is 11.6 Å². The summed E-state index contributed by atoms with van der Waals surface area (Å²) in [6.45, 7) is 1.19. The van der Waals surface area contributed by atoms with Gasteiger partial charge in [0, 0.05) is 29.7 Å². The molecule has 6 nitrogen and oxygen atoms in total. The number of hydrogen-bond acceptors (Lipinski definition) is 4. The summed E-state index contributed by atoms with van der Waals surface area (Å²) >= 11 is 7.45. The van der Waals surface area contributed by atoms with Crippen LogP contribution in [0.1, 0.15) is 33.0 Å². The molecule has 3 aromatic rings. The van der Waals surface area contributed by atoms with Crippen LogP contribution in [0.15, 0.2) is 47.8 Å². The topological polar surface area (TPSA) is 78.1 Å². The fraction of sp³-hybridized carbons (Fsp3) is 0.250. The third-order valence-electron chi connectivity index (χ3n) is 4.79. The van der Waals surface area contributed by atoms with E-state index in [0.717, 1.165) is 18.4 Å². The predicted molar refractivity (Wildman–Crippen MR) is 110 cm³/mol. The van der Waals surface area contributed by atoms with Crippen LogP contribution in [-0.4, -0.2) is 46.0 Å². The second kappa shape index (κ2) is 8.16. The van der Waals surface area contributed by atoms with E-state index in [-0.39, 0.29) is 17.9 Å². The van der Waals surface area contributed by atoms with Crippen LogP contribution in [0.4, 0.5) is 0 Å². The molecule has 2 N–H and O–H groups in total. The molecule has 1 fully saturated rings. The lowest BCUT2D eigenvalue weighted by molar-refractivity contribution is 0.0692. The minimum Gasteiger partial charge on any atom is -0.348 e. The molecular formula is C20H19ClN4O2S. The van der Waals surface area contributed by atoms with Crippen molar-refractivity contribution in [2.24, 2.45) is 0 Å². The van der Waals surface area contributed by atoms with Gasteiger partial charge in [-0.15, -0.1) is 11.3 Å². The number of aromatic amines is 1. The Hall–Kier alpha value is -2.64. The molecule has 0 atom stereocenters. The first-order chi connectivity index (χ1) is 13.6. The molecule has 8 heteroatoms. The zero-order chi connectivity index (χ0) is 19.5. The van der Waals surface area contributed by atoms with Crippen LogP contribution in [0.5, 0.6) is 0 Å². The van der Waals surface area contributed by atoms with Crippen LogP contribution in [0.3, 0.4) is 0 Å². The van der Waals surface area contributed by atoms with Crippen LogP contribution < -0.4 is 5.32 Å². The number of carbonyl (C=O) groups is 2. The summed E-state index contributed by atoms with van der Waals surface area (Å²) in [5.41, 5.74) is 2.00. The van der Waals surface area contributed by atoms with Gasteiger partial charge in [-0.05, 0) is 42.5 Å². The Morgan fingerprint density at radius 3 is 2.71 bits per heavy atom. The number of H-pyrrole nitrogens is 1. The van der Waals surface area contributed by atoms with Crippen molar-refractivity contribution in [3.05, 3.63) is 63.4 Å². The van der Waals surface area contributed by atoms with Crippen molar-refractivity contribution in [1.82, 2.24) is 20.4 Å². The molecule has 4 rings (SSSR count). The molecule has 0 aliphatic carbocycles. The van der Waals surface area contributed by atoms with Crippen LogP contribution in [0.25, 0.3) is 11.3 Å². The van der Waals surface area contributed by atoms with Gasteiger partial charge in [-0.1, -0.05) is 29.8 Å². The van der Waals surface area contributed by atoms with E-state index in [1.54, 1.807) is 17.0 Å². The van der Waals surface area contributed by atoms with Crippen molar-refractivity contribution in [2.45, 2.75) is 18.9 Å². The molecule has 2 amide bonds. The van der Waals surface area contributed by atoms with Gasteiger partial charge in [0.15, 0.2) is 0 Å².